The highest BCUT2D eigenvalue weighted by atomic mass is 16.5. The number of nitrogens with one attached hydrogen (secondary N) is 2. The van der Waals surface area contributed by atoms with E-state index in [1.165, 1.54) is 0 Å². The Kier molecular flexibility index (Phi) is 6.74. The lowest BCUT2D eigenvalue weighted by Crippen LogP contribution is -2.38. The van der Waals surface area contributed by atoms with Crippen LogP contribution >= 0.6 is 0 Å². The van der Waals surface area contributed by atoms with Crippen molar-refractivity contribution in [1.29, 1.82) is 0 Å². The van der Waals surface area contributed by atoms with Crippen LogP contribution in [0.2, 0.25) is 0 Å². The van der Waals surface area contributed by atoms with Gasteiger partial charge in [0.25, 0.3) is 0 Å². The van der Waals surface area contributed by atoms with Gasteiger partial charge in [0.1, 0.15) is 0 Å². The molecule has 17 heavy (non-hydrogen) atoms. The highest BCUT2D eigenvalue weighted by molar-refractivity contribution is 5.73. The normalized spacial score (nSPS) is 9.94. The Balaban J connectivity index is 2.04. The van der Waals surface area contributed by atoms with Gasteiger partial charge in [-0.1, -0.05) is 6.07 Å². The number of hydrogen-bond acceptors (Lipinski definition) is 3. The molecule has 0 spiro atoms. The van der Waals surface area contributed by atoms with Crippen molar-refractivity contribution in [3.05, 3.63) is 30.1 Å². The molecule has 0 fully saturated rings. The summed E-state index contributed by atoms with van der Waals surface area (Å²) in [4.78, 5) is 15.5. The number of amides is 2. The quantitative estimate of drug-likeness (QED) is 0.694. The average Bonchev–Trinajstić information content (AvgIpc) is 2.36. The molecule has 2 amide bonds. The van der Waals surface area contributed by atoms with Gasteiger partial charge in [0.15, 0.2) is 0 Å². The zero-order valence-corrected chi connectivity index (χ0v) is 10.1. The van der Waals surface area contributed by atoms with Crippen LogP contribution in [0.15, 0.2) is 24.4 Å². The van der Waals surface area contributed by atoms with E-state index >= 15 is 0 Å². The summed E-state index contributed by atoms with van der Waals surface area (Å²) in [5, 5.41) is 5.47. The zero-order chi connectivity index (χ0) is 12.3. The Morgan fingerprint density at radius 2 is 2.18 bits per heavy atom. The molecule has 0 aromatic carbocycles. The smallest absolute Gasteiger partial charge is 0.314 e. The SMILES string of the molecule is CCOCCNC(=O)NCCc1ccccn1. The molecule has 0 saturated carbocycles. The van der Waals surface area contributed by atoms with Crippen LogP contribution in [0.5, 0.6) is 0 Å². The molecule has 1 aromatic heterocycles. The third-order valence-electron chi connectivity index (χ3n) is 2.13. The van der Waals surface area contributed by atoms with Gasteiger partial charge in [-0.05, 0) is 19.1 Å². The Morgan fingerprint density at radius 1 is 1.35 bits per heavy atom. The van der Waals surface area contributed by atoms with E-state index < -0.39 is 0 Å². The molecule has 0 bridgehead atoms. The number of carbonyl (C=O) groups excluding carboxylic acids is 1. The van der Waals surface area contributed by atoms with Gasteiger partial charge in [-0.2, -0.15) is 0 Å². The Hall–Kier alpha value is -1.62. The zero-order valence-electron chi connectivity index (χ0n) is 10.1. The maximum atomic E-state index is 11.3. The van der Waals surface area contributed by atoms with E-state index in [9.17, 15) is 4.79 Å². The second-order valence-corrected chi connectivity index (χ2v) is 3.45. The summed E-state index contributed by atoms with van der Waals surface area (Å²) in [7, 11) is 0. The summed E-state index contributed by atoms with van der Waals surface area (Å²) in [6.45, 7) is 4.25. The fourth-order valence-corrected chi connectivity index (χ4v) is 1.29. The van der Waals surface area contributed by atoms with Crippen LogP contribution in [-0.4, -0.2) is 37.3 Å². The van der Waals surface area contributed by atoms with E-state index in [-0.39, 0.29) is 6.03 Å². The summed E-state index contributed by atoms with van der Waals surface area (Å²) < 4.78 is 5.11. The molecule has 0 saturated heterocycles. The van der Waals surface area contributed by atoms with E-state index in [2.05, 4.69) is 15.6 Å². The molecule has 1 rings (SSSR count). The van der Waals surface area contributed by atoms with Gasteiger partial charge in [-0.25, -0.2) is 4.79 Å². The third-order valence-corrected chi connectivity index (χ3v) is 2.13. The van der Waals surface area contributed by atoms with E-state index in [4.69, 9.17) is 4.74 Å². The summed E-state index contributed by atoms with van der Waals surface area (Å²) in [5.74, 6) is 0. The van der Waals surface area contributed by atoms with Crippen LogP contribution in [0, 0.1) is 0 Å². The van der Waals surface area contributed by atoms with E-state index in [1.54, 1.807) is 6.20 Å². The molecule has 1 aromatic rings. The minimum atomic E-state index is -0.166. The van der Waals surface area contributed by atoms with Gasteiger partial charge in [0, 0.05) is 38.0 Å². The van der Waals surface area contributed by atoms with Crippen LogP contribution in [0.25, 0.3) is 0 Å². The molecule has 0 aliphatic rings. The number of rotatable bonds is 7. The van der Waals surface area contributed by atoms with E-state index in [1.807, 2.05) is 25.1 Å². The number of nitrogens with zero attached hydrogens (tertiary/aromatic N) is 1. The van der Waals surface area contributed by atoms with Gasteiger partial charge in [0.05, 0.1) is 6.61 Å². The maximum absolute atomic E-state index is 11.3. The minimum absolute atomic E-state index is 0.166. The average molecular weight is 237 g/mol. The first-order valence-electron chi connectivity index (χ1n) is 5.82. The molecule has 2 N–H and O–H groups in total. The Morgan fingerprint density at radius 3 is 2.88 bits per heavy atom. The molecule has 0 unspecified atom stereocenters. The van der Waals surface area contributed by atoms with Crippen LogP contribution in [-0.2, 0) is 11.2 Å². The van der Waals surface area contributed by atoms with Gasteiger partial charge in [0.2, 0.25) is 0 Å². The highest BCUT2D eigenvalue weighted by Crippen LogP contribution is 1.92. The Labute approximate surface area is 102 Å². The highest BCUT2D eigenvalue weighted by Gasteiger charge is 1.99. The third kappa shape index (κ3) is 6.52. The number of carbonyl (C=O) groups is 1. The lowest BCUT2D eigenvalue weighted by molar-refractivity contribution is 0.149. The lowest BCUT2D eigenvalue weighted by atomic mass is 10.3. The molecule has 1 heterocycles. The van der Waals surface area contributed by atoms with Crippen molar-refractivity contribution in [2.75, 3.05) is 26.3 Å². The molecule has 0 radical (unpaired) electrons. The van der Waals surface area contributed by atoms with Crippen molar-refractivity contribution < 1.29 is 9.53 Å². The van der Waals surface area contributed by atoms with Gasteiger partial charge in [-0.3, -0.25) is 4.98 Å². The molecule has 5 heteroatoms. The number of pyridine rings is 1. The van der Waals surface area contributed by atoms with Crippen LogP contribution in [0.3, 0.4) is 0 Å². The summed E-state index contributed by atoms with van der Waals surface area (Å²) in [5.41, 5.74) is 0.974. The van der Waals surface area contributed by atoms with Crippen LogP contribution in [0.4, 0.5) is 4.79 Å². The van der Waals surface area contributed by atoms with Crippen LogP contribution < -0.4 is 10.6 Å². The van der Waals surface area contributed by atoms with Crippen molar-refractivity contribution in [3.8, 4) is 0 Å². The topological polar surface area (TPSA) is 63.2 Å². The number of hydrogen-bond donors (Lipinski definition) is 2. The number of urea groups is 1. The Bertz CT molecular complexity index is 317. The summed E-state index contributed by atoms with van der Waals surface area (Å²) in [6.07, 6.45) is 2.48. The van der Waals surface area contributed by atoms with Gasteiger partial charge < -0.3 is 15.4 Å². The number of aromatic nitrogens is 1. The van der Waals surface area contributed by atoms with Gasteiger partial charge >= 0.3 is 6.03 Å². The van der Waals surface area contributed by atoms with Crippen molar-refractivity contribution in [2.45, 2.75) is 13.3 Å². The molecule has 94 valence electrons. The lowest BCUT2D eigenvalue weighted by Gasteiger charge is -2.07. The predicted molar refractivity (Wildman–Crippen MR) is 65.8 cm³/mol. The van der Waals surface area contributed by atoms with Gasteiger partial charge in [-0.15, -0.1) is 0 Å². The maximum Gasteiger partial charge on any atom is 0.314 e. The van der Waals surface area contributed by atoms with E-state index in [0.29, 0.717) is 26.3 Å². The first kappa shape index (κ1) is 13.4. The first-order chi connectivity index (χ1) is 8.33. The predicted octanol–water partition coefficient (Wildman–Crippen LogP) is 0.960. The second kappa shape index (κ2) is 8.52. The number of ether oxygens (including phenoxy) is 1. The van der Waals surface area contributed by atoms with Crippen molar-refractivity contribution >= 4 is 6.03 Å². The molecule has 0 aliphatic heterocycles. The molecular weight excluding hydrogens is 218 g/mol. The summed E-state index contributed by atoms with van der Waals surface area (Å²) in [6, 6.07) is 5.58. The monoisotopic (exact) mass is 237 g/mol. The molecule has 0 atom stereocenters. The fraction of sp³-hybridized carbons (Fsp3) is 0.500. The minimum Gasteiger partial charge on any atom is -0.380 e. The molecule has 5 nitrogen and oxygen atoms in total. The van der Waals surface area contributed by atoms with E-state index in [0.717, 1.165) is 12.1 Å². The standard InChI is InChI=1S/C12H19N3O2/c1-2-17-10-9-15-12(16)14-8-6-11-5-3-4-7-13-11/h3-5,7H,2,6,8-10H2,1H3,(H2,14,15,16). The van der Waals surface area contributed by atoms with Crippen molar-refractivity contribution in [1.82, 2.24) is 15.6 Å². The molecule has 0 aliphatic carbocycles. The first-order valence-corrected chi connectivity index (χ1v) is 5.82. The molecular formula is C12H19N3O2. The largest absolute Gasteiger partial charge is 0.380 e. The summed E-state index contributed by atoms with van der Waals surface area (Å²) >= 11 is 0. The second-order valence-electron chi connectivity index (χ2n) is 3.45. The fourth-order valence-electron chi connectivity index (χ4n) is 1.29. The van der Waals surface area contributed by atoms with Crippen molar-refractivity contribution in [3.63, 3.8) is 0 Å². The van der Waals surface area contributed by atoms with Crippen molar-refractivity contribution in [2.24, 2.45) is 0 Å². The van der Waals surface area contributed by atoms with Crippen LogP contribution in [0.1, 0.15) is 12.6 Å².